The molecule has 0 unspecified atom stereocenters. The molecule has 154 valence electrons. The van der Waals surface area contributed by atoms with Crippen molar-refractivity contribution in [2.24, 2.45) is 0 Å². The van der Waals surface area contributed by atoms with Crippen molar-refractivity contribution in [3.63, 3.8) is 0 Å². The van der Waals surface area contributed by atoms with Crippen LogP contribution in [0, 0.1) is 11.3 Å². The van der Waals surface area contributed by atoms with Crippen LogP contribution in [0.5, 0.6) is 23.0 Å². The highest BCUT2D eigenvalue weighted by molar-refractivity contribution is 5.77. The van der Waals surface area contributed by atoms with Gasteiger partial charge in [0.2, 0.25) is 5.75 Å². The van der Waals surface area contributed by atoms with Gasteiger partial charge in [-0.2, -0.15) is 5.26 Å². The number of aromatic amines is 1. The van der Waals surface area contributed by atoms with E-state index in [9.17, 15) is 10.1 Å². The second kappa shape index (κ2) is 9.05. The molecule has 3 aromatic rings. The molecule has 0 aliphatic carbocycles. The molecular formula is C23H22N2O5. The van der Waals surface area contributed by atoms with Crippen molar-refractivity contribution in [2.75, 3.05) is 27.9 Å². The highest BCUT2D eigenvalue weighted by atomic mass is 16.5. The Labute approximate surface area is 174 Å². The first-order valence-corrected chi connectivity index (χ1v) is 9.27. The van der Waals surface area contributed by atoms with Crippen molar-refractivity contribution < 1.29 is 18.9 Å². The predicted molar refractivity (Wildman–Crippen MR) is 113 cm³/mol. The monoisotopic (exact) mass is 406 g/mol. The van der Waals surface area contributed by atoms with Crippen molar-refractivity contribution in [1.82, 2.24) is 4.98 Å². The van der Waals surface area contributed by atoms with Crippen molar-refractivity contribution in [1.29, 1.82) is 5.26 Å². The quantitative estimate of drug-likeness (QED) is 0.637. The Bertz CT molecular complexity index is 1120. The number of hydrogen-bond acceptors (Lipinski definition) is 6. The number of nitriles is 1. The van der Waals surface area contributed by atoms with Crippen LogP contribution >= 0.6 is 0 Å². The molecule has 0 radical (unpaired) electrons. The summed E-state index contributed by atoms with van der Waals surface area (Å²) in [6, 6.07) is 14.5. The third-order valence-corrected chi connectivity index (χ3v) is 4.60. The number of nitrogens with one attached hydrogen (secondary N) is 1. The number of rotatable bonds is 7. The molecule has 0 fully saturated rings. The molecule has 2 aromatic carbocycles. The molecule has 7 nitrogen and oxygen atoms in total. The minimum atomic E-state index is -0.479. The van der Waals surface area contributed by atoms with Gasteiger partial charge in [0.1, 0.15) is 17.4 Å². The lowest BCUT2D eigenvalue weighted by Crippen LogP contribution is -2.12. The molecule has 0 amide bonds. The van der Waals surface area contributed by atoms with Gasteiger partial charge in [0.05, 0.1) is 27.9 Å². The summed E-state index contributed by atoms with van der Waals surface area (Å²) in [5.74, 6) is 2.08. The first-order chi connectivity index (χ1) is 14.6. The molecule has 30 heavy (non-hydrogen) atoms. The number of nitrogens with zero attached hydrogens (tertiary/aromatic N) is 1. The van der Waals surface area contributed by atoms with E-state index in [1.165, 1.54) is 21.3 Å². The highest BCUT2D eigenvalue weighted by Crippen LogP contribution is 2.41. The van der Waals surface area contributed by atoms with E-state index in [0.717, 1.165) is 11.3 Å². The lowest BCUT2D eigenvalue weighted by molar-refractivity contribution is 0.324. The summed E-state index contributed by atoms with van der Waals surface area (Å²) in [7, 11) is 4.57. The number of H-pyrrole nitrogens is 1. The minimum absolute atomic E-state index is 0.0374. The summed E-state index contributed by atoms with van der Waals surface area (Å²) in [5, 5.41) is 9.54. The van der Waals surface area contributed by atoms with Gasteiger partial charge in [0, 0.05) is 16.8 Å². The van der Waals surface area contributed by atoms with Crippen LogP contribution in [0.25, 0.3) is 22.4 Å². The van der Waals surface area contributed by atoms with Crippen LogP contribution in [0.3, 0.4) is 0 Å². The first kappa shape index (κ1) is 20.8. The lowest BCUT2D eigenvalue weighted by atomic mass is 9.98. The van der Waals surface area contributed by atoms with Gasteiger partial charge >= 0.3 is 0 Å². The Hall–Kier alpha value is -3.92. The van der Waals surface area contributed by atoms with E-state index in [4.69, 9.17) is 18.9 Å². The van der Waals surface area contributed by atoms with Gasteiger partial charge in [-0.3, -0.25) is 4.79 Å². The largest absolute Gasteiger partial charge is 0.494 e. The second-order valence-corrected chi connectivity index (χ2v) is 6.28. The van der Waals surface area contributed by atoms with E-state index in [1.54, 1.807) is 30.3 Å². The van der Waals surface area contributed by atoms with E-state index >= 15 is 0 Å². The fourth-order valence-electron chi connectivity index (χ4n) is 3.19. The molecular weight excluding hydrogens is 384 g/mol. The van der Waals surface area contributed by atoms with Crippen molar-refractivity contribution in [3.8, 4) is 51.5 Å². The Morgan fingerprint density at radius 2 is 1.57 bits per heavy atom. The number of hydrogen-bond donors (Lipinski definition) is 1. The van der Waals surface area contributed by atoms with E-state index in [-0.39, 0.29) is 5.56 Å². The molecule has 0 bridgehead atoms. The summed E-state index contributed by atoms with van der Waals surface area (Å²) < 4.78 is 21.6. The fourth-order valence-corrected chi connectivity index (χ4v) is 3.19. The average Bonchev–Trinajstić information content (AvgIpc) is 2.78. The van der Waals surface area contributed by atoms with Gasteiger partial charge in [0.15, 0.2) is 11.5 Å². The Balaban J connectivity index is 2.19. The smallest absolute Gasteiger partial charge is 0.266 e. The minimum Gasteiger partial charge on any atom is -0.494 e. The van der Waals surface area contributed by atoms with Gasteiger partial charge in [-0.1, -0.05) is 12.1 Å². The highest BCUT2D eigenvalue weighted by Gasteiger charge is 2.17. The zero-order valence-electron chi connectivity index (χ0n) is 17.2. The molecule has 0 saturated carbocycles. The maximum absolute atomic E-state index is 12.7. The van der Waals surface area contributed by atoms with Crippen LogP contribution < -0.4 is 24.5 Å². The van der Waals surface area contributed by atoms with Crippen LogP contribution in [0.2, 0.25) is 0 Å². The normalized spacial score (nSPS) is 10.2. The van der Waals surface area contributed by atoms with E-state index in [0.29, 0.717) is 40.7 Å². The first-order valence-electron chi connectivity index (χ1n) is 9.27. The van der Waals surface area contributed by atoms with Crippen molar-refractivity contribution in [3.05, 3.63) is 58.4 Å². The van der Waals surface area contributed by atoms with Gasteiger partial charge in [-0.05, 0) is 42.8 Å². The van der Waals surface area contributed by atoms with Gasteiger partial charge in [-0.25, -0.2) is 0 Å². The van der Waals surface area contributed by atoms with Crippen LogP contribution in [-0.4, -0.2) is 32.9 Å². The number of benzene rings is 2. The third-order valence-electron chi connectivity index (χ3n) is 4.60. The standard InChI is InChI=1S/C23H22N2O5/c1-5-30-16-8-6-14(7-9-16)17-12-19(25-23(26)18(17)13-24)15-10-20(27-2)22(29-4)21(11-15)28-3/h6-12H,5H2,1-4H3,(H,25,26). The topological polar surface area (TPSA) is 93.6 Å². The molecule has 3 rings (SSSR count). The predicted octanol–water partition coefficient (Wildman–Crippen LogP) is 4.01. The maximum atomic E-state index is 12.7. The Kier molecular flexibility index (Phi) is 6.28. The molecule has 0 saturated heterocycles. The van der Waals surface area contributed by atoms with Gasteiger partial charge < -0.3 is 23.9 Å². The molecule has 1 aromatic heterocycles. The van der Waals surface area contributed by atoms with Crippen molar-refractivity contribution >= 4 is 0 Å². The summed E-state index contributed by atoms with van der Waals surface area (Å²) in [6.07, 6.45) is 0. The second-order valence-electron chi connectivity index (χ2n) is 6.28. The van der Waals surface area contributed by atoms with E-state index < -0.39 is 5.56 Å². The zero-order valence-corrected chi connectivity index (χ0v) is 17.2. The summed E-state index contributed by atoms with van der Waals surface area (Å²) >= 11 is 0. The fraction of sp³-hybridized carbons (Fsp3) is 0.217. The SMILES string of the molecule is CCOc1ccc(-c2cc(-c3cc(OC)c(OC)c(OC)c3)[nH]c(=O)c2C#N)cc1. The molecule has 0 spiro atoms. The van der Waals surface area contributed by atoms with Gasteiger partial charge in [0.25, 0.3) is 5.56 Å². The van der Waals surface area contributed by atoms with Crippen LogP contribution in [0.15, 0.2) is 47.3 Å². The Morgan fingerprint density at radius 1 is 0.933 bits per heavy atom. The van der Waals surface area contributed by atoms with E-state index in [2.05, 4.69) is 4.98 Å². The third kappa shape index (κ3) is 3.94. The molecule has 7 heteroatoms. The number of methoxy groups -OCH3 is 3. The lowest BCUT2D eigenvalue weighted by Gasteiger charge is -2.15. The summed E-state index contributed by atoms with van der Waals surface area (Å²) in [4.78, 5) is 15.4. The maximum Gasteiger partial charge on any atom is 0.266 e. The zero-order chi connectivity index (χ0) is 21.7. The van der Waals surface area contributed by atoms with Gasteiger partial charge in [-0.15, -0.1) is 0 Å². The summed E-state index contributed by atoms with van der Waals surface area (Å²) in [6.45, 7) is 2.46. The van der Waals surface area contributed by atoms with Crippen LogP contribution in [0.1, 0.15) is 12.5 Å². The average molecular weight is 406 g/mol. The molecule has 1 N–H and O–H groups in total. The Morgan fingerprint density at radius 3 is 2.07 bits per heavy atom. The summed E-state index contributed by atoms with van der Waals surface area (Å²) in [5.41, 5.74) is 1.98. The molecule has 0 aliphatic heterocycles. The van der Waals surface area contributed by atoms with E-state index in [1.807, 2.05) is 25.1 Å². The molecule has 1 heterocycles. The van der Waals surface area contributed by atoms with Crippen molar-refractivity contribution in [2.45, 2.75) is 6.92 Å². The van der Waals surface area contributed by atoms with Crippen LogP contribution in [0.4, 0.5) is 0 Å². The number of ether oxygens (including phenoxy) is 4. The van der Waals surface area contributed by atoms with Crippen LogP contribution in [-0.2, 0) is 0 Å². The number of pyridine rings is 1. The molecule has 0 atom stereocenters. The number of aromatic nitrogens is 1. The molecule has 0 aliphatic rings.